The topological polar surface area (TPSA) is 17.8 Å². The summed E-state index contributed by atoms with van der Waals surface area (Å²) in [7, 11) is 0. The van der Waals surface area contributed by atoms with Gasteiger partial charge in [-0.05, 0) is 43.9 Å². The van der Waals surface area contributed by atoms with Gasteiger partial charge in [-0.1, -0.05) is 41.2 Å². The molecule has 0 bridgehead atoms. The molecule has 0 N–H and O–H groups in total. The minimum Gasteiger partial charge on any atom is -0.222 e. The Morgan fingerprint density at radius 2 is 1.74 bits per heavy atom. The van der Waals surface area contributed by atoms with Crippen molar-refractivity contribution in [3.05, 3.63) is 44.7 Å². The molecular formula is C14H13Cl3N2. The molecule has 1 aromatic carbocycles. The highest BCUT2D eigenvalue weighted by Gasteiger charge is 2.19. The summed E-state index contributed by atoms with van der Waals surface area (Å²) in [5.41, 5.74) is 3.16. The Bertz CT molecular complexity index is 619. The normalized spacial score (nSPS) is 15.1. The smallest absolute Gasteiger partial charge is 0.136 e. The third kappa shape index (κ3) is 2.49. The van der Waals surface area contributed by atoms with Gasteiger partial charge >= 0.3 is 0 Å². The Morgan fingerprint density at radius 1 is 0.947 bits per heavy atom. The molecule has 0 spiro atoms. The lowest BCUT2D eigenvalue weighted by molar-refractivity contribution is 0.694. The van der Waals surface area contributed by atoms with Crippen molar-refractivity contribution in [3.63, 3.8) is 0 Å². The van der Waals surface area contributed by atoms with E-state index in [0.29, 0.717) is 15.2 Å². The van der Waals surface area contributed by atoms with E-state index in [1.807, 2.05) is 6.07 Å². The second-order valence-electron chi connectivity index (χ2n) is 4.79. The molecule has 1 heterocycles. The van der Waals surface area contributed by atoms with Crippen molar-refractivity contribution in [1.29, 1.82) is 0 Å². The Hall–Kier alpha value is -0.700. The molecule has 19 heavy (non-hydrogen) atoms. The quantitative estimate of drug-likeness (QED) is 0.669. The maximum atomic E-state index is 6.47. The molecule has 0 saturated carbocycles. The number of halogens is 3. The van der Waals surface area contributed by atoms with Gasteiger partial charge in [0.15, 0.2) is 0 Å². The van der Waals surface area contributed by atoms with Crippen LogP contribution in [0.1, 0.15) is 30.5 Å². The molecule has 5 heteroatoms. The number of hydrogen-bond acceptors (Lipinski definition) is 1. The van der Waals surface area contributed by atoms with E-state index in [1.165, 1.54) is 24.8 Å². The predicted octanol–water partition coefficient (Wildman–Crippen LogP) is 5.10. The largest absolute Gasteiger partial charge is 0.222 e. The number of aryl methyl sites for hydroxylation is 1. The van der Waals surface area contributed by atoms with Gasteiger partial charge < -0.3 is 0 Å². The van der Waals surface area contributed by atoms with Crippen LogP contribution < -0.4 is 0 Å². The van der Waals surface area contributed by atoms with Crippen LogP contribution in [0, 0.1) is 0 Å². The molecule has 0 amide bonds. The minimum absolute atomic E-state index is 0.515. The van der Waals surface area contributed by atoms with Gasteiger partial charge in [0.05, 0.1) is 21.4 Å². The Kier molecular flexibility index (Phi) is 3.75. The lowest BCUT2D eigenvalue weighted by atomic mass is 10.1. The summed E-state index contributed by atoms with van der Waals surface area (Å²) in [5.74, 6) is 0. The van der Waals surface area contributed by atoms with Crippen LogP contribution in [0.2, 0.25) is 15.2 Å². The summed E-state index contributed by atoms with van der Waals surface area (Å²) in [6, 6.07) is 5.44. The van der Waals surface area contributed by atoms with Gasteiger partial charge in [-0.15, -0.1) is 0 Å². The van der Waals surface area contributed by atoms with Gasteiger partial charge in [-0.2, -0.15) is 5.10 Å². The van der Waals surface area contributed by atoms with E-state index in [0.717, 1.165) is 24.2 Å². The predicted molar refractivity (Wildman–Crippen MR) is 79.9 cm³/mol. The molecule has 2 nitrogen and oxygen atoms in total. The van der Waals surface area contributed by atoms with Gasteiger partial charge in [-0.25, -0.2) is 4.68 Å². The summed E-state index contributed by atoms with van der Waals surface area (Å²) in [6.45, 7) is 0. The van der Waals surface area contributed by atoms with Crippen molar-refractivity contribution in [2.24, 2.45) is 0 Å². The Labute approximate surface area is 127 Å². The second-order valence-corrected chi connectivity index (χ2v) is 5.96. The highest BCUT2D eigenvalue weighted by atomic mass is 35.5. The average molecular weight is 316 g/mol. The second kappa shape index (κ2) is 5.35. The third-order valence-electron chi connectivity index (χ3n) is 3.49. The van der Waals surface area contributed by atoms with E-state index in [9.17, 15) is 0 Å². The van der Waals surface area contributed by atoms with E-state index in [1.54, 1.807) is 16.8 Å². The number of hydrogen-bond donors (Lipinski definition) is 0. The van der Waals surface area contributed by atoms with Crippen LogP contribution in [0.25, 0.3) is 5.69 Å². The van der Waals surface area contributed by atoms with Gasteiger partial charge in [0.2, 0.25) is 0 Å². The lowest BCUT2D eigenvalue weighted by Crippen LogP contribution is -1.98. The number of nitrogens with zero attached hydrogens (tertiary/aromatic N) is 2. The molecule has 0 radical (unpaired) electrons. The standard InChI is InChI=1S/C14H13Cl3N2/c15-11-7-6-9(8-12(11)16)19-14(17)10-4-2-1-3-5-13(10)18-19/h6-8H,1-5H2. The number of fused-ring (bicyclic) bond motifs is 1. The first-order valence-corrected chi connectivity index (χ1v) is 7.52. The number of rotatable bonds is 1. The van der Waals surface area contributed by atoms with E-state index >= 15 is 0 Å². The van der Waals surface area contributed by atoms with Gasteiger partial charge in [-0.3, -0.25) is 0 Å². The van der Waals surface area contributed by atoms with Gasteiger partial charge in [0, 0.05) is 5.56 Å². The van der Waals surface area contributed by atoms with Crippen molar-refractivity contribution in [1.82, 2.24) is 9.78 Å². The highest BCUT2D eigenvalue weighted by molar-refractivity contribution is 6.42. The molecule has 3 rings (SSSR count). The number of aromatic nitrogens is 2. The zero-order chi connectivity index (χ0) is 13.4. The first-order valence-electron chi connectivity index (χ1n) is 6.38. The fourth-order valence-corrected chi connectivity index (χ4v) is 3.11. The van der Waals surface area contributed by atoms with Crippen molar-refractivity contribution < 1.29 is 0 Å². The van der Waals surface area contributed by atoms with Crippen molar-refractivity contribution in [2.75, 3.05) is 0 Å². The van der Waals surface area contributed by atoms with Crippen LogP contribution in [0.15, 0.2) is 18.2 Å². The molecule has 100 valence electrons. The first-order chi connectivity index (χ1) is 9.16. The molecule has 1 aromatic heterocycles. The molecule has 0 fully saturated rings. The molecule has 1 aliphatic carbocycles. The Balaban J connectivity index is 2.08. The Morgan fingerprint density at radius 3 is 2.53 bits per heavy atom. The van der Waals surface area contributed by atoms with Crippen molar-refractivity contribution in [2.45, 2.75) is 32.1 Å². The van der Waals surface area contributed by atoms with Gasteiger partial charge in [0.25, 0.3) is 0 Å². The molecule has 1 aliphatic rings. The zero-order valence-corrected chi connectivity index (χ0v) is 12.6. The van der Waals surface area contributed by atoms with Crippen molar-refractivity contribution in [3.8, 4) is 5.69 Å². The van der Waals surface area contributed by atoms with Crippen LogP contribution in [-0.2, 0) is 12.8 Å². The van der Waals surface area contributed by atoms with Gasteiger partial charge in [0.1, 0.15) is 5.15 Å². The maximum absolute atomic E-state index is 6.47. The summed E-state index contributed by atoms with van der Waals surface area (Å²) in [5, 5.41) is 6.39. The van der Waals surface area contributed by atoms with E-state index in [-0.39, 0.29) is 0 Å². The molecule has 0 atom stereocenters. The molecule has 2 aromatic rings. The summed E-state index contributed by atoms with van der Waals surface area (Å²) >= 11 is 18.5. The van der Waals surface area contributed by atoms with E-state index in [2.05, 4.69) is 5.10 Å². The SMILES string of the molecule is Clc1ccc(-n2nc3c(c2Cl)CCCCC3)cc1Cl. The number of benzene rings is 1. The van der Waals surface area contributed by atoms with Crippen LogP contribution in [-0.4, -0.2) is 9.78 Å². The van der Waals surface area contributed by atoms with Crippen LogP contribution in [0.4, 0.5) is 0 Å². The van der Waals surface area contributed by atoms with E-state index < -0.39 is 0 Å². The van der Waals surface area contributed by atoms with Crippen LogP contribution in [0.5, 0.6) is 0 Å². The zero-order valence-electron chi connectivity index (χ0n) is 10.3. The van der Waals surface area contributed by atoms with Crippen molar-refractivity contribution >= 4 is 34.8 Å². The average Bonchev–Trinajstić information content (AvgIpc) is 2.59. The first kappa shape index (κ1) is 13.3. The summed E-state index contributed by atoms with van der Waals surface area (Å²) in [4.78, 5) is 0. The lowest BCUT2D eigenvalue weighted by Gasteiger charge is -2.05. The fraction of sp³-hybridized carbons (Fsp3) is 0.357. The minimum atomic E-state index is 0.515. The van der Waals surface area contributed by atoms with Crippen LogP contribution in [0.3, 0.4) is 0 Å². The maximum Gasteiger partial charge on any atom is 0.136 e. The molecule has 0 aliphatic heterocycles. The molecular weight excluding hydrogens is 303 g/mol. The highest BCUT2D eigenvalue weighted by Crippen LogP contribution is 2.31. The fourth-order valence-electron chi connectivity index (χ4n) is 2.48. The summed E-state index contributed by atoms with van der Waals surface area (Å²) in [6.07, 6.45) is 5.62. The monoisotopic (exact) mass is 314 g/mol. The van der Waals surface area contributed by atoms with Crippen LogP contribution >= 0.6 is 34.8 Å². The summed E-state index contributed by atoms with van der Waals surface area (Å²) < 4.78 is 1.76. The molecule has 0 unspecified atom stereocenters. The van der Waals surface area contributed by atoms with E-state index in [4.69, 9.17) is 34.8 Å². The third-order valence-corrected chi connectivity index (χ3v) is 4.62. The molecule has 0 saturated heterocycles.